The molecule has 94 valence electrons. The van der Waals surface area contributed by atoms with Crippen molar-refractivity contribution in [3.63, 3.8) is 0 Å². The fourth-order valence-electron chi connectivity index (χ4n) is 1.31. The Morgan fingerprint density at radius 1 is 1.29 bits per heavy atom. The van der Waals surface area contributed by atoms with Gasteiger partial charge in [-0.15, -0.1) is 0 Å². The van der Waals surface area contributed by atoms with Crippen LogP contribution in [0.2, 0.25) is 0 Å². The van der Waals surface area contributed by atoms with Crippen molar-refractivity contribution in [3.05, 3.63) is 29.8 Å². The van der Waals surface area contributed by atoms with Gasteiger partial charge in [-0.2, -0.15) is 0 Å². The maximum atomic E-state index is 10.9. The number of carbonyl (C=O) groups is 1. The van der Waals surface area contributed by atoms with Crippen LogP contribution in [-0.4, -0.2) is 26.2 Å². The first-order chi connectivity index (χ1) is 8.26. The molecule has 0 saturated heterocycles. The van der Waals surface area contributed by atoms with Crippen molar-refractivity contribution in [2.45, 2.75) is 19.9 Å². The number of hydrogen-bond acceptors (Lipinski definition) is 4. The summed E-state index contributed by atoms with van der Waals surface area (Å²) in [4.78, 5) is 10.9. The highest BCUT2D eigenvalue weighted by Crippen LogP contribution is 2.12. The smallest absolute Gasteiger partial charge is 0.343 e. The molecule has 1 rings (SSSR count). The Hall–Kier alpha value is -1.55. The molecule has 0 aliphatic heterocycles. The Kier molecular flexibility index (Phi) is 6.10. The molecule has 4 heteroatoms. The maximum absolute atomic E-state index is 10.9. The topological polar surface area (TPSA) is 47.6 Å². The molecule has 1 N–H and O–H groups in total. The lowest BCUT2D eigenvalue weighted by Crippen LogP contribution is -2.14. The summed E-state index contributed by atoms with van der Waals surface area (Å²) in [6.45, 7) is 3.95. The Bertz CT molecular complexity index is 335. The average Bonchev–Trinajstić information content (AvgIpc) is 2.37. The summed E-state index contributed by atoms with van der Waals surface area (Å²) < 4.78 is 9.73. The third-order valence-electron chi connectivity index (χ3n) is 2.26. The van der Waals surface area contributed by atoms with Gasteiger partial charge in [-0.1, -0.05) is 19.1 Å². The van der Waals surface area contributed by atoms with Crippen LogP contribution in [0.5, 0.6) is 5.75 Å². The zero-order valence-corrected chi connectivity index (χ0v) is 10.4. The van der Waals surface area contributed by atoms with Gasteiger partial charge in [0.25, 0.3) is 0 Å². The van der Waals surface area contributed by atoms with Crippen LogP contribution >= 0.6 is 0 Å². The van der Waals surface area contributed by atoms with E-state index in [-0.39, 0.29) is 12.6 Å². The summed E-state index contributed by atoms with van der Waals surface area (Å²) in [6, 6.07) is 7.67. The lowest BCUT2D eigenvalue weighted by atomic mass is 10.2. The molecule has 1 aromatic rings. The lowest BCUT2D eigenvalue weighted by Gasteiger charge is -2.06. The third-order valence-corrected chi connectivity index (χ3v) is 2.26. The van der Waals surface area contributed by atoms with Crippen LogP contribution in [0.1, 0.15) is 18.9 Å². The number of rotatable bonds is 7. The van der Waals surface area contributed by atoms with Crippen LogP contribution in [0.4, 0.5) is 0 Å². The average molecular weight is 237 g/mol. The highest BCUT2D eigenvalue weighted by molar-refractivity contribution is 5.70. The summed E-state index contributed by atoms with van der Waals surface area (Å²) in [5, 5.41) is 3.32. The Balaban J connectivity index is 2.36. The third kappa shape index (κ3) is 5.36. The Morgan fingerprint density at radius 3 is 2.59 bits per heavy atom. The van der Waals surface area contributed by atoms with Gasteiger partial charge in [0.05, 0.1) is 7.11 Å². The van der Waals surface area contributed by atoms with Gasteiger partial charge >= 0.3 is 5.97 Å². The van der Waals surface area contributed by atoms with Gasteiger partial charge in [-0.3, -0.25) is 0 Å². The summed E-state index contributed by atoms with van der Waals surface area (Å²) in [7, 11) is 1.34. The molecule has 1 aromatic carbocycles. The van der Waals surface area contributed by atoms with E-state index in [1.165, 1.54) is 12.7 Å². The van der Waals surface area contributed by atoms with E-state index >= 15 is 0 Å². The fraction of sp³-hybridized carbons (Fsp3) is 0.462. The van der Waals surface area contributed by atoms with Crippen LogP contribution < -0.4 is 10.1 Å². The van der Waals surface area contributed by atoms with Gasteiger partial charge in [-0.25, -0.2) is 4.79 Å². The van der Waals surface area contributed by atoms with E-state index in [4.69, 9.17) is 4.74 Å². The maximum Gasteiger partial charge on any atom is 0.343 e. The first-order valence-corrected chi connectivity index (χ1v) is 5.75. The summed E-state index contributed by atoms with van der Waals surface area (Å²) >= 11 is 0. The van der Waals surface area contributed by atoms with Gasteiger partial charge in [-0.05, 0) is 30.7 Å². The number of nitrogens with one attached hydrogen (secondary N) is 1. The number of esters is 1. The quantitative estimate of drug-likeness (QED) is 0.579. The van der Waals surface area contributed by atoms with E-state index in [1.54, 1.807) is 0 Å². The minimum absolute atomic E-state index is 0.0517. The minimum atomic E-state index is -0.376. The van der Waals surface area contributed by atoms with Crippen LogP contribution in [0.3, 0.4) is 0 Å². The van der Waals surface area contributed by atoms with Crippen molar-refractivity contribution in [2.24, 2.45) is 0 Å². The molecular weight excluding hydrogens is 218 g/mol. The highest BCUT2D eigenvalue weighted by Gasteiger charge is 2.01. The van der Waals surface area contributed by atoms with E-state index in [0.717, 1.165) is 19.5 Å². The standard InChI is InChI=1S/C13H19NO3/c1-3-8-14-9-11-4-6-12(7-5-11)17-10-13(15)16-2/h4-7,14H,3,8-10H2,1-2H3. The summed E-state index contributed by atoms with van der Waals surface area (Å²) in [5.74, 6) is 0.299. The lowest BCUT2D eigenvalue weighted by molar-refractivity contribution is -0.142. The minimum Gasteiger partial charge on any atom is -0.482 e. The van der Waals surface area contributed by atoms with E-state index in [9.17, 15) is 4.79 Å². The molecule has 0 aromatic heterocycles. The molecule has 0 aliphatic rings. The number of benzene rings is 1. The van der Waals surface area contributed by atoms with Crippen molar-refractivity contribution < 1.29 is 14.3 Å². The molecule has 4 nitrogen and oxygen atoms in total. The monoisotopic (exact) mass is 237 g/mol. The van der Waals surface area contributed by atoms with Crippen LogP contribution in [0.15, 0.2) is 24.3 Å². The fourth-order valence-corrected chi connectivity index (χ4v) is 1.31. The van der Waals surface area contributed by atoms with Crippen LogP contribution in [0.25, 0.3) is 0 Å². The van der Waals surface area contributed by atoms with Crippen molar-refractivity contribution >= 4 is 5.97 Å². The molecule has 0 bridgehead atoms. The molecule has 0 atom stereocenters. The second kappa shape index (κ2) is 7.68. The summed E-state index contributed by atoms with van der Waals surface area (Å²) in [5.41, 5.74) is 1.20. The van der Waals surface area contributed by atoms with Crippen molar-refractivity contribution in [3.8, 4) is 5.75 Å². The molecule has 0 aliphatic carbocycles. The predicted octanol–water partition coefficient (Wildman–Crippen LogP) is 1.74. The number of ether oxygens (including phenoxy) is 2. The number of carbonyl (C=O) groups excluding carboxylic acids is 1. The zero-order valence-electron chi connectivity index (χ0n) is 10.4. The SMILES string of the molecule is CCCNCc1ccc(OCC(=O)OC)cc1. The molecule has 0 unspecified atom stereocenters. The van der Waals surface area contributed by atoms with Crippen molar-refractivity contribution in [2.75, 3.05) is 20.3 Å². The molecular formula is C13H19NO3. The van der Waals surface area contributed by atoms with Gasteiger partial charge in [0.15, 0.2) is 6.61 Å². The van der Waals surface area contributed by atoms with Gasteiger partial charge in [0, 0.05) is 6.54 Å². The van der Waals surface area contributed by atoms with Crippen LogP contribution in [-0.2, 0) is 16.1 Å². The first-order valence-electron chi connectivity index (χ1n) is 5.75. The van der Waals surface area contributed by atoms with Gasteiger partial charge < -0.3 is 14.8 Å². The van der Waals surface area contributed by atoms with E-state index < -0.39 is 0 Å². The van der Waals surface area contributed by atoms with E-state index in [0.29, 0.717) is 5.75 Å². The van der Waals surface area contributed by atoms with E-state index in [1.807, 2.05) is 24.3 Å². The van der Waals surface area contributed by atoms with Crippen LogP contribution in [0, 0.1) is 0 Å². The van der Waals surface area contributed by atoms with Crippen molar-refractivity contribution in [1.82, 2.24) is 5.32 Å². The first kappa shape index (κ1) is 13.5. The number of methoxy groups -OCH3 is 1. The normalized spacial score (nSPS) is 10.0. The Labute approximate surface area is 102 Å². The Morgan fingerprint density at radius 2 is 2.00 bits per heavy atom. The number of hydrogen-bond donors (Lipinski definition) is 1. The molecule has 0 fully saturated rings. The van der Waals surface area contributed by atoms with Gasteiger partial charge in [0.2, 0.25) is 0 Å². The second-order valence-electron chi connectivity index (χ2n) is 3.69. The second-order valence-corrected chi connectivity index (χ2v) is 3.69. The molecule has 0 spiro atoms. The largest absolute Gasteiger partial charge is 0.482 e. The summed E-state index contributed by atoms with van der Waals surface area (Å²) in [6.07, 6.45) is 1.13. The predicted molar refractivity (Wildman–Crippen MR) is 66.0 cm³/mol. The molecule has 17 heavy (non-hydrogen) atoms. The van der Waals surface area contributed by atoms with Gasteiger partial charge in [0.1, 0.15) is 5.75 Å². The molecule has 0 radical (unpaired) electrons. The molecule has 0 saturated carbocycles. The zero-order chi connectivity index (χ0) is 12.5. The highest BCUT2D eigenvalue weighted by atomic mass is 16.6. The molecule has 0 heterocycles. The van der Waals surface area contributed by atoms with Crippen molar-refractivity contribution in [1.29, 1.82) is 0 Å². The molecule has 0 amide bonds. The van der Waals surface area contributed by atoms with E-state index in [2.05, 4.69) is 17.0 Å².